The third kappa shape index (κ3) is 4.92. The van der Waals surface area contributed by atoms with Gasteiger partial charge in [0.05, 0.1) is 17.1 Å². The molecule has 2 aromatic heterocycles. The zero-order valence-electron chi connectivity index (χ0n) is 29.2. The summed E-state index contributed by atoms with van der Waals surface area (Å²) in [5.74, 6) is 0. The van der Waals surface area contributed by atoms with Crippen molar-refractivity contribution in [3.8, 4) is 0 Å². The Morgan fingerprint density at radius 1 is 0.278 bits per heavy atom. The van der Waals surface area contributed by atoms with E-state index in [1.807, 2.05) is 22.7 Å². The van der Waals surface area contributed by atoms with Gasteiger partial charge in [0.25, 0.3) is 0 Å². The van der Waals surface area contributed by atoms with E-state index in [1.165, 1.54) is 73.3 Å². The molecule has 11 rings (SSSR count). The number of hydrogen-bond acceptors (Lipinski definition) is 4. The Hall–Kier alpha value is -6.46. The first-order chi connectivity index (χ1) is 26.8. The Morgan fingerprint density at radius 3 is 1.39 bits per heavy atom. The highest BCUT2D eigenvalue weighted by Gasteiger charge is 2.25. The van der Waals surface area contributed by atoms with Crippen LogP contribution in [0.5, 0.6) is 0 Å². The Bertz CT molecular complexity index is 3180. The lowest BCUT2D eigenvalue weighted by Gasteiger charge is -2.32. The highest BCUT2D eigenvalue weighted by Crippen LogP contribution is 2.51. The molecule has 0 fully saturated rings. The highest BCUT2D eigenvalue weighted by atomic mass is 32.1. The minimum absolute atomic E-state index is 1.10. The molecule has 4 heteroatoms. The SMILES string of the molecule is c1ccc(N(c2cc(N(c3ccccc3)c3cccc4sc5ccccc5c34)c3c(ccc4ccccc43)c2)c2cccc3sc4ccccc4c23)cc1. The number of nitrogens with zero attached hydrogens (tertiary/aromatic N) is 2. The number of thiophene rings is 2. The van der Waals surface area contributed by atoms with Crippen LogP contribution in [0.25, 0.3) is 61.9 Å². The van der Waals surface area contributed by atoms with E-state index in [9.17, 15) is 0 Å². The van der Waals surface area contributed by atoms with Gasteiger partial charge in [0.2, 0.25) is 0 Å². The summed E-state index contributed by atoms with van der Waals surface area (Å²) >= 11 is 3.72. The van der Waals surface area contributed by atoms with Gasteiger partial charge in [0.15, 0.2) is 0 Å². The first kappa shape index (κ1) is 31.1. The van der Waals surface area contributed by atoms with E-state index >= 15 is 0 Å². The topological polar surface area (TPSA) is 6.48 Å². The van der Waals surface area contributed by atoms with Crippen molar-refractivity contribution in [1.82, 2.24) is 0 Å². The molecule has 0 aliphatic heterocycles. The van der Waals surface area contributed by atoms with Crippen LogP contribution in [-0.4, -0.2) is 0 Å². The highest BCUT2D eigenvalue weighted by molar-refractivity contribution is 7.26. The van der Waals surface area contributed by atoms with Crippen LogP contribution < -0.4 is 9.80 Å². The molecule has 9 aromatic carbocycles. The van der Waals surface area contributed by atoms with Crippen molar-refractivity contribution in [2.45, 2.75) is 0 Å². The summed E-state index contributed by atoms with van der Waals surface area (Å²) in [5, 5.41) is 9.98. The molecule has 0 saturated heterocycles. The second kappa shape index (κ2) is 12.6. The van der Waals surface area contributed by atoms with Gasteiger partial charge in [-0.15, -0.1) is 22.7 Å². The molecular weight excluding hydrogens is 693 g/mol. The number of para-hydroxylation sites is 2. The van der Waals surface area contributed by atoms with E-state index in [2.05, 4.69) is 204 Å². The Morgan fingerprint density at radius 2 is 0.759 bits per heavy atom. The van der Waals surface area contributed by atoms with Crippen LogP contribution in [0.15, 0.2) is 194 Å². The van der Waals surface area contributed by atoms with E-state index in [-0.39, 0.29) is 0 Å². The molecule has 254 valence electrons. The maximum absolute atomic E-state index is 2.50. The van der Waals surface area contributed by atoms with Crippen molar-refractivity contribution in [3.63, 3.8) is 0 Å². The monoisotopic (exact) mass is 724 g/mol. The first-order valence-corrected chi connectivity index (χ1v) is 19.9. The van der Waals surface area contributed by atoms with Crippen LogP contribution in [-0.2, 0) is 0 Å². The van der Waals surface area contributed by atoms with Gasteiger partial charge in [0, 0.05) is 62.8 Å². The van der Waals surface area contributed by atoms with Gasteiger partial charge in [-0.2, -0.15) is 0 Å². The Kier molecular flexibility index (Phi) is 7.25. The lowest BCUT2D eigenvalue weighted by Crippen LogP contribution is -2.14. The van der Waals surface area contributed by atoms with Crippen molar-refractivity contribution in [2.75, 3.05) is 9.80 Å². The molecule has 0 aliphatic carbocycles. The second-order valence-corrected chi connectivity index (χ2v) is 15.9. The van der Waals surface area contributed by atoms with Gasteiger partial charge < -0.3 is 9.80 Å². The lowest BCUT2D eigenvalue weighted by molar-refractivity contribution is 1.28. The third-order valence-electron chi connectivity index (χ3n) is 10.6. The van der Waals surface area contributed by atoms with Gasteiger partial charge in [-0.1, -0.05) is 121 Å². The molecule has 0 aliphatic rings. The predicted molar refractivity (Wildman–Crippen MR) is 237 cm³/mol. The lowest BCUT2D eigenvalue weighted by atomic mass is 9.97. The van der Waals surface area contributed by atoms with E-state index in [1.54, 1.807) is 0 Å². The minimum Gasteiger partial charge on any atom is -0.310 e. The Balaban J connectivity index is 1.28. The van der Waals surface area contributed by atoms with Crippen LogP contribution in [0, 0.1) is 0 Å². The zero-order valence-corrected chi connectivity index (χ0v) is 30.8. The van der Waals surface area contributed by atoms with E-state index in [0.717, 1.165) is 22.7 Å². The van der Waals surface area contributed by atoms with Gasteiger partial charge >= 0.3 is 0 Å². The van der Waals surface area contributed by atoms with Crippen LogP contribution in [0.3, 0.4) is 0 Å². The van der Waals surface area contributed by atoms with E-state index < -0.39 is 0 Å². The van der Waals surface area contributed by atoms with E-state index in [0.29, 0.717) is 0 Å². The van der Waals surface area contributed by atoms with Gasteiger partial charge in [-0.25, -0.2) is 0 Å². The largest absolute Gasteiger partial charge is 0.310 e. The third-order valence-corrected chi connectivity index (χ3v) is 12.8. The van der Waals surface area contributed by atoms with Crippen LogP contribution in [0.2, 0.25) is 0 Å². The number of anilines is 6. The summed E-state index contributed by atoms with van der Waals surface area (Å²) in [5.41, 5.74) is 6.80. The quantitative estimate of drug-likeness (QED) is 0.158. The molecule has 0 spiro atoms. The molecule has 11 aromatic rings. The molecule has 0 radical (unpaired) electrons. The summed E-state index contributed by atoms with van der Waals surface area (Å²) in [6.45, 7) is 0. The number of benzene rings is 9. The fourth-order valence-electron chi connectivity index (χ4n) is 8.29. The summed E-state index contributed by atoms with van der Waals surface area (Å²) in [4.78, 5) is 4.97. The number of fused-ring (bicyclic) bond motifs is 9. The average Bonchev–Trinajstić information content (AvgIpc) is 3.81. The molecule has 0 amide bonds. The second-order valence-electron chi connectivity index (χ2n) is 13.7. The molecule has 0 atom stereocenters. The summed E-state index contributed by atoms with van der Waals surface area (Å²) in [6, 6.07) is 71.1. The van der Waals surface area contributed by atoms with Crippen LogP contribution >= 0.6 is 22.7 Å². The fraction of sp³-hybridized carbons (Fsp3) is 0. The normalized spacial score (nSPS) is 11.7. The molecule has 2 heterocycles. The Labute approximate surface area is 321 Å². The maximum atomic E-state index is 2.50. The molecule has 0 saturated carbocycles. The fourth-order valence-corrected chi connectivity index (χ4v) is 10.5. The smallest absolute Gasteiger partial charge is 0.0567 e. The van der Waals surface area contributed by atoms with Gasteiger partial charge in [0.1, 0.15) is 0 Å². The number of rotatable bonds is 6. The van der Waals surface area contributed by atoms with Gasteiger partial charge in [-0.05, 0) is 89.0 Å². The van der Waals surface area contributed by atoms with Crippen LogP contribution in [0.1, 0.15) is 0 Å². The average molecular weight is 725 g/mol. The zero-order chi connectivity index (χ0) is 35.6. The summed E-state index contributed by atoms with van der Waals surface area (Å²) in [7, 11) is 0. The summed E-state index contributed by atoms with van der Waals surface area (Å²) < 4.78 is 5.15. The summed E-state index contributed by atoms with van der Waals surface area (Å²) in [6.07, 6.45) is 0. The van der Waals surface area contributed by atoms with E-state index in [4.69, 9.17) is 0 Å². The number of hydrogen-bond donors (Lipinski definition) is 0. The minimum atomic E-state index is 1.10. The van der Waals surface area contributed by atoms with Crippen LogP contribution in [0.4, 0.5) is 34.1 Å². The molecular formula is C50H32N2S2. The molecule has 54 heavy (non-hydrogen) atoms. The maximum Gasteiger partial charge on any atom is 0.0567 e. The van der Waals surface area contributed by atoms with Crippen molar-refractivity contribution in [2.24, 2.45) is 0 Å². The van der Waals surface area contributed by atoms with Crippen molar-refractivity contribution >= 4 is 119 Å². The first-order valence-electron chi connectivity index (χ1n) is 18.3. The van der Waals surface area contributed by atoms with Crippen molar-refractivity contribution < 1.29 is 0 Å². The molecule has 2 nitrogen and oxygen atoms in total. The molecule has 0 bridgehead atoms. The van der Waals surface area contributed by atoms with Crippen molar-refractivity contribution in [1.29, 1.82) is 0 Å². The predicted octanol–water partition coefficient (Wildman–Crippen LogP) is 15.7. The standard InChI is InChI=1S/C50H32N2S2/c1-3-16-35(17-4-1)51(41-23-13-27-46-49(41)39-21-9-11-25-44(39)53-46)37-31-34-30-29-33-15-7-8-20-38(33)48(34)43(32-37)52(36-18-5-2-6-19-36)42-24-14-28-47-50(42)40-22-10-12-26-45(40)54-47/h1-32H. The van der Waals surface area contributed by atoms with Gasteiger partial charge in [-0.3, -0.25) is 0 Å². The molecule has 0 unspecified atom stereocenters. The molecule has 0 N–H and O–H groups in total. The van der Waals surface area contributed by atoms with Crippen molar-refractivity contribution in [3.05, 3.63) is 194 Å².